The Kier molecular flexibility index (Phi) is 5.49. The molecule has 0 radical (unpaired) electrons. The first-order valence-electron chi connectivity index (χ1n) is 7.57. The molecule has 1 saturated heterocycles. The molecule has 1 fully saturated rings. The fourth-order valence-corrected chi connectivity index (χ4v) is 3.05. The topological polar surface area (TPSA) is 43.8 Å². The van der Waals surface area contributed by atoms with Crippen molar-refractivity contribution < 1.29 is 23.1 Å². The summed E-state index contributed by atoms with van der Waals surface area (Å²) in [5, 5.41) is 9.92. The number of nitrogens with zero attached hydrogens (tertiary/aromatic N) is 2. The summed E-state index contributed by atoms with van der Waals surface area (Å²) in [7, 11) is 1.16. The molecule has 1 aliphatic rings. The minimum absolute atomic E-state index is 0.00514. The molecule has 1 aromatic carbocycles. The van der Waals surface area contributed by atoms with Gasteiger partial charge < -0.3 is 14.9 Å². The molecule has 0 aliphatic carbocycles. The lowest BCUT2D eigenvalue weighted by molar-refractivity contribution is -0.177. The average molecular weight is 409 g/mol. The van der Waals surface area contributed by atoms with Crippen LogP contribution in [-0.4, -0.2) is 52.9 Å². The second-order valence-electron chi connectivity index (χ2n) is 6.37. The van der Waals surface area contributed by atoms with Gasteiger partial charge in [0.25, 0.3) is 0 Å². The van der Waals surface area contributed by atoms with Crippen LogP contribution in [0.1, 0.15) is 31.4 Å². The summed E-state index contributed by atoms with van der Waals surface area (Å²) >= 11 is 3.19. The summed E-state index contributed by atoms with van der Waals surface area (Å²) < 4.78 is 41.3. The number of halogens is 4. The summed E-state index contributed by atoms with van der Waals surface area (Å²) in [6.07, 6.45) is -3.89. The summed E-state index contributed by atoms with van der Waals surface area (Å²) in [5.41, 5.74) is -0.865. The molecule has 0 bridgehead atoms. The number of aliphatic hydroxyl groups is 1. The van der Waals surface area contributed by atoms with E-state index >= 15 is 0 Å². The van der Waals surface area contributed by atoms with Crippen LogP contribution in [0.4, 0.5) is 18.0 Å². The van der Waals surface area contributed by atoms with Crippen LogP contribution in [0.5, 0.6) is 0 Å². The standard InChI is InChI=1S/C16H20BrF3N2O2/c1-15(24)7-9-22(10-8-15)14(23)21(2)13(16(18,19)20)11-3-5-12(17)6-4-11/h3-6,13,24H,7-10H2,1-2H3/t13-/m0/s1. The van der Waals surface area contributed by atoms with Crippen LogP contribution in [0.25, 0.3) is 0 Å². The summed E-state index contributed by atoms with van der Waals surface area (Å²) in [4.78, 5) is 14.6. The van der Waals surface area contributed by atoms with Crippen molar-refractivity contribution in [3.63, 3.8) is 0 Å². The Labute approximate surface area is 147 Å². The Morgan fingerprint density at radius 2 is 1.79 bits per heavy atom. The van der Waals surface area contributed by atoms with E-state index in [9.17, 15) is 23.1 Å². The number of hydrogen-bond acceptors (Lipinski definition) is 2. The molecule has 0 spiro atoms. The van der Waals surface area contributed by atoms with Crippen LogP contribution in [0, 0.1) is 0 Å². The highest BCUT2D eigenvalue weighted by Crippen LogP contribution is 2.38. The monoisotopic (exact) mass is 408 g/mol. The molecule has 4 nitrogen and oxygen atoms in total. The highest BCUT2D eigenvalue weighted by molar-refractivity contribution is 9.10. The zero-order valence-corrected chi connectivity index (χ0v) is 15.1. The van der Waals surface area contributed by atoms with Crippen LogP contribution >= 0.6 is 15.9 Å². The molecule has 1 aliphatic heterocycles. The van der Waals surface area contributed by atoms with Gasteiger partial charge in [-0.15, -0.1) is 0 Å². The largest absolute Gasteiger partial charge is 0.413 e. The smallest absolute Gasteiger partial charge is 0.390 e. The Bertz CT molecular complexity index is 580. The van der Waals surface area contributed by atoms with Crippen molar-refractivity contribution in [3.05, 3.63) is 34.3 Å². The highest BCUT2D eigenvalue weighted by atomic mass is 79.9. The number of rotatable bonds is 2. The van der Waals surface area contributed by atoms with Gasteiger partial charge in [0.1, 0.15) is 0 Å². The molecular formula is C16H20BrF3N2O2. The van der Waals surface area contributed by atoms with E-state index in [2.05, 4.69) is 15.9 Å². The van der Waals surface area contributed by atoms with E-state index in [-0.39, 0.29) is 18.7 Å². The lowest BCUT2D eigenvalue weighted by atomic mass is 9.94. The average Bonchev–Trinajstić information content (AvgIpc) is 2.47. The van der Waals surface area contributed by atoms with Crippen molar-refractivity contribution in [2.75, 3.05) is 20.1 Å². The van der Waals surface area contributed by atoms with Gasteiger partial charge in [-0.3, -0.25) is 0 Å². The van der Waals surface area contributed by atoms with Gasteiger partial charge in [-0.25, -0.2) is 4.79 Å². The van der Waals surface area contributed by atoms with Crippen molar-refractivity contribution in [3.8, 4) is 0 Å². The number of benzene rings is 1. The quantitative estimate of drug-likeness (QED) is 0.804. The SMILES string of the molecule is CN(C(=O)N1CCC(C)(O)CC1)[C@@H](c1ccc(Br)cc1)C(F)(F)F. The van der Waals surface area contributed by atoms with Crippen molar-refractivity contribution in [1.82, 2.24) is 9.80 Å². The van der Waals surface area contributed by atoms with E-state index in [1.165, 1.54) is 29.2 Å². The summed E-state index contributed by atoms with van der Waals surface area (Å²) in [6.45, 7) is 2.14. The van der Waals surface area contributed by atoms with Crippen LogP contribution in [-0.2, 0) is 0 Å². The number of amides is 2. The Morgan fingerprint density at radius 1 is 1.29 bits per heavy atom. The van der Waals surface area contributed by atoms with Crippen LogP contribution in [0.15, 0.2) is 28.7 Å². The fraction of sp³-hybridized carbons (Fsp3) is 0.562. The zero-order chi connectivity index (χ0) is 18.1. The first-order chi connectivity index (χ1) is 11.0. The molecule has 0 aromatic heterocycles. The number of alkyl halides is 3. The molecule has 2 amide bonds. The second-order valence-corrected chi connectivity index (χ2v) is 7.29. The van der Waals surface area contributed by atoms with E-state index in [1.54, 1.807) is 6.92 Å². The maximum absolute atomic E-state index is 13.5. The number of carbonyl (C=O) groups excluding carboxylic acids is 1. The molecule has 24 heavy (non-hydrogen) atoms. The first kappa shape index (κ1) is 19.1. The Morgan fingerprint density at radius 3 is 2.25 bits per heavy atom. The van der Waals surface area contributed by atoms with E-state index in [4.69, 9.17) is 0 Å². The molecule has 0 saturated carbocycles. The van der Waals surface area contributed by atoms with Crippen LogP contribution in [0.3, 0.4) is 0 Å². The molecule has 2 rings (SSSR count). The van der Waals surface area contributed by atoms with Gasteiger partial charge >= 0.3 is 12.2 Å². The second kappa shape index (κ2) is 6.92. The number of carbonyl (C=O) groups is 1. The number of hydrogen-bond donors (Lipinski definition) is 1. The molecule has 1 aromatic rings. The predicted molar refractivity (Wildman–Crippen MR) is 87.5 cm³/mol. The van der Waals surface area contributed by atoms with Crippen LogP contribution in [0.2, 0.25) is 0 Å². The van der Waals surface area contributed by atoms with Gasteiger partial charge in [0.2, 0.25) is 0 Å². The van der Waals surface area contributed by atoms with Gasteiger partial charge in [-0.05, 0) is 37.5 Å². The van der Waals surface area contributed by atoms with Gasteiger partial charge in [0.15, 0.2) is 6.04 Å². The fourth-order valence-electron chi connectivity index (χ4n) is 2.79. The molecule has 8 heteroatoms. The molecule has 1 heterocycles. The van der Waals surface area contributed by atoms with Crippen molar-refractivity contribution in [1.29, 1.82) is 0 Å². The van der Waals surface area contributed by atoms with Crippen LogP contribution < -0.4 is 0 Å². The Hall–Kier alpha value is -1.28. The predicted octanol–water partition coefficient (Wildman–Crippen LogP) is 3.95. The first-order valence-corrected chi connectivity index (χ1v) is 8.37. The Balaban J connectivity index is 2.20. The van der Waals surface area contributed by atoms with E-state index in [0.29, 0.717) is 17.3 Å². The van der Waals surface area contributed by atoms with E-state index < -0.39 is 23.9 Å². The van der Waals surface area contributed by atoms with E-state index in [1.807, 2.05) is 0 Å². The van der Waals surface area contributed by atoms with Crippen molar-refractivity contribution >= 4 is 22.0 Å². The molecule has 134 valence electrons. The minimum atomic E-state index is -4.58. The van der Waals surface area contributed by atoms with Gasteiger partial charge in [-0.1, -0.05) is 28.1 Å². The third kappa shape index (κ3) is 4.42. The third-order valence-electron chi connectivity index (χ3n) is 4.30. The van der Waals surface area contributed by atoms with Gasteiger partial charge in [-0.2, -0.15) is 13.2 Å². The lowest BCUT2D eigenvalue weighted by Gasteiger charge is -2.39. The molecule has 1 N–H and O–H groups in total. The normalized spacial score (nSPS) is 19.0. The van der Waals surface area contributed by atoms with Crippen molar-refractivity contribution in [2.45, 2.75) is 37.6 Å². The van der Waals surface area contributed by atoms with Gasteiger partial charge in [0, 0.05) is 24.6 Å². The number of likely N-dealkylation sites (tertiary alicyclic amines) is 1. The number of urea groups is 1. The minimum Gasteiger partial charge on any atom is -0.390 e. The molecular weight excluding hydrogens is 389 g/mol. The molecule has 1 atom stereocenters. The highest BCUT2D eigenvalue weighted by Gasteiger charge is 2.46. The van der Waals surface area contributed by atoms with Gasteiger partial charge in [0.05, 0.1) is 5.60 Å². The maximum Gasteiger partial charge on any atom is 0.413 e. The maximum atomic E-state index is 13.5. The summed E-state index contributed by atoms with van der Waals surface area (Å²) in [5.74, 6) is 0. The number of piperidine rings is 1. The summed E-state index contributed by atoms with van der Waals surface area (Å²) in [6, 6.07) is 3.05. The lowest BCUT2D eigenvalue weighted by Crippen LogP contribution is -2.51. The zero-order valence-electron chi connectivity index (χ0n) is 13.5. The van der Waals surface area contributed by atoms with Crippen molar-refractivity contribution in [2.24, 2.45) is 0 Å². The van der Waals surface area contributed by atoms with E-state index in [0.717, 1.165) is 11.9 Å². The third-order valence-corrected chi connectivity index (χ3v) is 4.82. The molecule has 0 unspecified atom stereocenters.